The smallest absolute Gasteiger partial charge is 0.338 e. The lowest BCUT2D eigenvalue weighted by Crippen LogP contribution is -2.39. The van der Waals surface area contributed by atoms with Crippen LogP contribution in [0.2, 0.25) is 0 Å². The molecule has 6 nitrogen and oxygen atoms in total. The van der Waals surface area contributed by atoms with Crippen molar-refractivity contribution in [3.8, 4) is 5.75 Å². The van der Waals surface area contributed by atoms with Crippen LogP contribution in [0.15, 0.2) is 96.7 Å². The number of rotatable bonds is 7. The van der Waals surface area contributed by atoms with Crippen LogP contribution in [0.5, 0.6) is 5.75 Å². The molecule has 0 saturated carbocycles. The van der Waals surface area contributed by atoms with Gasteiger partial charge in [-0.3, -0.25) is 9.36 Å². The van der Waals surface area contributed by atoms with E-state index in [1.165, 1.54) is 23.5 Å². The van der Waals surface area contributed by atoms with Gasteiger partial charge in [-0.2, -0.15) is 0 Å². The molecule has 0 radical (unpaired) electrons. The lowest BCUT2D eigenvalue weighted by atomic mass is 9.96. The molecule has 1 aliphatic heterocycles. The topological polar surface area (TPSA) is 69.9 Å². The summed E-state index contributed by atoms with van der Waals surface area (Å²) in [5.74, 6) is -0.208. The van der Waals surface area contributed by atoms with Gasteiger partial charge in [0.1, 0.15) is 18.2 Å². The number of ether oxygens (including phenoxy) is 2. The molecule has 1 aromatic heterocycles. The zero-order valence-corrected chi connectivity index (χ0v) is 25.5. The van der Waals surface area contributed by atoms with E-state index >= 15 is 0 Å². The normalized spacial score (nSPS) is 15.0. The first-order chi connectivity index (χ1) is 19.3. The lowest BCUT2D eigenvalue weighted by Gasteiger charge is -2.24. The second kappa shape index (κ2) is 12.0. The van der Waals surface area contributed by atoms with E-state index < -0.39 is 12.0 Å². The summed E-state index contributed by atoms with van der Waals surface area (Å²) in [5, 5.41) is 0. The highest BCUT2D eigenvalue weighted by Gasteiger charge is 2.33. The highest BCUT2D eigenvalue weighted by atomic mass is 79.9. The summed E-state index contributed by atoms with van der Waals surface area (Å²) >= 11 is 8.39. The summed E-state index contributed by atoms with van der Waals surface area (Å²) in [7, 11) is 0. The largest absolute Gasteiger partial charge is 0.487 e. The fourth-order valence-electron chi connectivity index (χ4n) is 4.43. The zero-order valence-electron chi connectivity index (χ0n) is 21.5. The number of aromatic nitrogens is 1. The number of carbonyl (C=O) groups is 1. The average molecular weight is 686 g/mol. The fraction of sp³-hybridized carbons (Fsp3) is 0.167. The van der Waals surface area contributed by atoms with E-state index in [2.05, 4.69) is 36.9 Å². The summed E-state index contributed by atoms with van der Waals surface area (Å²) in [6, 6.07) is 18.6. The summed E-state index contributed by atoms with van der Waals surface area (Å²) in [6.45, 7) is 3.99. The van der Waals surface area contributed by atoms with Gasteiger partial charge in [-0.15, -0.1) is 0 Å². The molecule has 10 heteroatoms. The van der Waals surface area contributed by atoms with E-state index in [9.17, 15) is 14.0 Å². The predicted molar refractivity (Wildman–Crippen MR) is 159 cm³/mol. The van der Waals surface area contributed by atoms with E-state index in [1.807, 2.05) is 42.5 Å². The van der Waals surface area contributed by atoms with Crippen LogP contribution in [0.4, 0.5) is 4.39 Å². The first kappa shape index (κ1) is 28.2. The van der Waals surface area contributed by atoms with Crippen LogP contribution >= 0.6 is 43.2 Å². The van der Waals surface area contributed by atoms with Crippen molar-refractivity contribution >= 4 is 55.2 Å². The summed E-state index contributed by atoms with van der Waals surface area (Å²) < 4.78 is 27.9. The highest BCUT2D eigenvalue weighted by molar-refractivity contribution is 9.11. The van der Waals surface area contributed by atoms with Crippen LogP contribution in [0.3, 0.4) is 0 Å². The molecule has 0 saturated heterocycles. The number of nitrogens with zero attached hydrogens (tertiary/aromatic N) is 2. The second-order valence-electron chi connectivity index (χ2n) is 8.94. The van der Waals surface area contributed by atoms with Crippen molar-refractivity contribution in [2.45, 2.75) is 26.5 Å². The molecule has 204 valence electrons. The Labute approximate surface area is 250 Å². The minimum Gasteiger partial charge on any atom is -0.487 e. The molecule has 0 fully saturated rings. The van der Waals surface area contributed by atoms with Crippen LogP contribution in [0.25, 0.3) is 6.08 Å². The zero-order chi connectivity index (χ0) is 28.4. The van der Waals surface area contributed by atoms with Crippen LogP contribution in [0.1, 0.15) is 36.6 Å². The van der Waals surface area contributed by atoms with Gasteiger partial charge in [0.15, 0.2) is 4.80 Å². The van der Waals surface area contributed by atoms with Gasteiger partial charge in [-0.05, 0) is 92.7 Å². The molecule has 1 unspecified atom stereocenters. The van der Waals surface area contributed by atoms with Crippen LogP contribution in [-0.2, 0) is 16.1 Å². The van der Waals surface area contributed by atoms with Gasteiger partial charge in [-0.25, -0.2) is 14.2 Å². The van der Waals surface area contributed by atoms with Gasteiger partial charge in [0.25, 0.3) is 5.56 Å². The molecular formula is C30H23Br2FN2O4S. The van der Waals surface area contributed by atoms with Crippen LogP contribution in [-0.4, -0.2) is 17.1 Å². The van der Waals surface area contributed by atoms with Crippen molar-refractivity contribution in [2.75, 3.05) is 6.61 Å². The van der Waals surface area contributed by atoms with Gasteiger partial charge in [0.05, 0.1) is 37.4 Å². The molecular weight excluding hydrogens is 663 g/mol. The Morgan fingerprint density at radius 1 is 1.10 bits per heavy atom. The first-order valence-corrected chi connectivity index (χ1v) is 14.8. The monoisotopic (exact) mass is 684 g/mol. The van der Waals surface area contributed by atoms with Crippen molar-refractivity contribution in [2.24, 2.45) is 4.99 Å². The third-order valence-corrected chi connectivity index (χ3v) is 8.41. The van der Waals surface area contributed by atoms with Gasteiger partial charge < -0.3 is 9.47 Å². The SMILES string of the molecule is CCOC(=O)C1=C(C)N=c2s/c(=C\c3cc(Br)c(OCc4ccc(F)cc4)c(Br)c3)c(=O)n2C1c1ccccc1. The Bertz CT molecular complexity index is 1780. The number of allylic oxidation sites excluding steroid dienone is 1. The third-order valence-electron chi connectivity index (χ3n) is 6.25. The quantitative estimate of drug-likeness (QED) is 0.223. The summed E-state index contributed by atoms with van der Waals surface area (Å²) in [5.41, 5.74) is 3.00. The maximum Gasteiger partial charge on any atom is 0.338 e. The van der Waals surface area contributed by atoms with Gasteiger partial charge in [0.2, 0.25) is 0 Å². The molecule has 0 N–H and O–H groups in total. The molecule has 1 aliphatic rings. The van der Waals surface area contributed by atoms with E-state index in [1.54, 1.807) is 36.6 Å². The highest BCUT2D eigenvalue weighted by Crippen LogP contribution is 2.36. The molecule has 0 bridgehead atoms. The minimum absolute atomic E-state index is 0.217. The van der Waals surface area contributed by atoms with Crippen LogP contribution in [0, 0.1) is 5.82 Å². The van der Waals surface area contributed by atoms with Crippen molar-refractivity contribution in [3.05, 3.63) is 129 Å². The third kappa shape index (κ3) is 5.75. The first-order valence-electron chi connectivity index (χ1n) is 12.4. The fourth-order valence-corrected chi connectivity index (χ4v) is 6.93. The number of esters is 1. The summed E-state index contributed by atoms with van der Waals surface area (Å²) in [4.78, 5) is 31.9. The molecule has 0 amide bonds. The minimum atomic E-state index is -0.653. The van der Waals surface area contributed by atoms with Crippen molar-refractivity contribution in [1.82, 2.24) is 4.57 Å². The molecule has 0 spiro atoms. The maximum absolute atomic E-state index is 13.8. The standard InChI is InChI=1S/C30H23Br2FN2O4S/c1-3-38-29(37)25-17(2)34-30-35(26(25)20-7-5-4-6-8-20)28(36)24(40-30)15-19-13-22(31)27(23(32)14-19)39-16-18-9-11-21(33)12-10-18/h4-15,26H,3,16H2,1-2H3/b24-15-. The van der Waals surface area contributed by atoms with Crippen molar-refractivity contribution < 1.29 is 18.7 Å². The molecule has 3 aromatic carbocycles. The van der Waals surface area contributed by atoms with Crippen LogP contribution < -0.4 is 19.6 Å². The Balaban J connectivity index is 1.54. The van der Waals surface area contributed by atoms with Crippen molar-refractivity contribution in [3.63, 3.8) is 0 Å². The summed E-state index contributed by atoms with van der Waals surface area (Å²) in [6.07, 6.45) is 1.79. The Morgan fingerprint density at radius 2 is 1.77 bits per heavy atom. The number of thiazole rings is 1. The Morgan fingerprint density at radius 3 is 2.42 bits per heavy atom. The predicted octanol–water partition coefficient (Wildman–Crippen LogP) is 6.04. The van der Waals surface area contributed by atoms with Gasteiger partial charge in [0, 0.05) is 0 Å². The molecule has 5 rings (SSSR count). The molecule has 40 heavy (non-hydrogen) atoms. The van der Waals surface area contributed by atoms with E-state index in [4.69, 9.17) is 9.47 Å². The Hall–Kier alpha value is -3.34. The van der Waals surface area contributed by atoms with Gasteiger partial charge >= 0.3 is 5.97 Å². The van der Waals surface area contributed by atoms with Gasteiger partial charge in [-0.1, -0.05) is 53.8 Å². The number of hydrogen-bond acceptors (Lipinski definition) is 6. The maximum atomic E-state index is 13.8. The van der Waals surface area contributed by atoms with E-state index in [0.717, 1.165) is 16.7 Å². The van der Waals surface area contributed by atoms with E-state index in [0.29, 0.717) is 35.3 Å². The Kier molecular flexibility index (Phi) is 8.48. The van der Waals surface area contributed by atoms with Crippen molar-refractivity contribution in [1.29, 1.82) is 0 Å². The lowest BCUT2D eigenvalue weighted by molar-refractivity contribution is -0.139. The average Bonchev–Trinajstić information content (AvgIpc) is 3.23. The number of fused-ring (bicyclic) bond motifs is 1. The number of benzene rings is 3. The molecule has 2 heterocycles. The molecule has 0 aliphatic carbocycles. The number of halogens is 3. The second-order valence-corrected chi connectivity index (χ2v) is 11.7. The molecule has 4 aromatic rings. The number of hydrogen-bond donors (Lipinski definition) is 0. The number of carbonyl (C=O) groups excluding carboxylic acids is 1. The van der Waals surface area contributed by atoms with E-state index in [-0.39, 0.29) is 24.6 Å². The molecule has 1 atom stereocenters.